The van der Waals surface area contributed by atoms with Gasteiger partial charge in [0.15, 0.2) is 0 Å². The molecule has 0 fully saturated rings. The van der Waals surface area contributed by atoms with Gasteiger partial charge in [0.2, 0.25) is 0 Å². The lowest BCUT2D eigenvalue weighted by Gasteiger charge is -2.04. The molecule has 0 unspecified atom stereocenters. The molecule has 0 aliphatic rings. The first-order chi connectivity index (χ1) is 5.88. The van der Waals surface area contributed by atoms with E-state index in [0.717, 1.165) is 11.4 Å². The van der Waals surface area contributed by atoms with Crippen LogP contribution >= 0.6 is 0 Å². The highest BCUT2D eigenvalue weighted by atomic mass is 15.0. The molecule has 2 nitrogen and oxygen atoms in total. The summed E-state index contributed by atoms with van der Waals surface area (Å²) < 4.78 is 2.06. The number of rotatable bonds is 1. The van der Waals surface area contributed by atoms with Gasteiger partial charge in [-0.1, -0.05) is 0 Å². The lowest BCUT2D eigenvalue weighted by Crippen LogP contribution is -1.94. The van der Waals surface area contributed by atoms with Crippen LogP contribution in [0.5, 0.6) is 0 Å². The molecule has 0 aliphatic heterocycles. The summed E-state index contributed by atoms with van der Waals surface area (Å²) in [4.78, 5) is 4.21. The Morgan fingerprint density at radius 2 is 1.92 bits per heavy atom. The minimum Gasteiger partial charge on any atom is -0.322 e. The molecule has 0 saturated heterocycles. The number of hydrogen-bond acceptors (Lipinski definition) is 1. The molecule has 0 saturated carbocycles. The molecular weight excluding hydrogens is 148 g/mol. The number of aromatic nitrogens is 2. The van der Waals surface area contributed by atoms with Gasteiger partial charge < -0.3 is 4.57 Å². The van der Waals surface area contributed by atoms with E-state index in [4.69, 9.17) is 0 Å². The number of nitrogens with zero attached hydrogens (tertiary/aromatic N) is 2. The molecule has 0 radical (unpaired) electrons. The summed E-state index contributed by atoms with van der Waals surface area (Å²) in [6.07, 6.45) is 5.84. The highest BCUT2D eigenvalue weighted by molar-refractivity contribution is 5.35. The van der Waals surface area contributed by atoms with E-state index in [9.17, 15) is 0 Å². The van der Waals surface area contributed by atoms with Gasteiger partial charge in [0.25, 0.3) is 0 Å². The van der Waals surface area contributed by atoms with E-state index in [1.165, 1.54) is 0 Å². The lowest BCUT2D eigenvalue weighted by atomic mass is 10.3. The van der Waals surface area contributed by atoms with Gasteiger partial charge in [-0.05, 0) is 31.2 Å². The Labute approximate surface area is 71.5 Å². The smallest absolute Gasteiger partial charge is 0.0663 e. The van der Waals surface area contributed by atoms with Crippen molar-refractivity contribution in [2.24, 2.45) is 0 Å². The van der Waals surface area contributed by atoms with E-state index >= 15 is 0 Å². The minimum absolute atomic E-state index is 1.05. The van der Waals surface area contributed by atoms with Crippen LogP contribution in [0.4, 0.5) is 0 Å². The average molecular weight is 158 g/mol. The maximum absolute atomic E-state index is 4.21. The fourth-order valence-corrected chi connectivity index (χ4v) is 1.24. The van der Waals surface area contributed by atoms with Gasteiger partial charge in [0, 0.05) is 18.6 Å². The summed E-state index contributed by atoms with van der Waals surface area (Å²) >= 11 is 0. The van der Waals surface area contributed by atoms with Gasteiger partial charge in [-0.25, -0.2) is 0 Å². The normalized spacial score (nSPS) is 10.1. The Kier molecular flexibility index (Phi) is 1.67. The van der Waals surface area contributed by atoms with Crippen LogP contribution in [0, 0.1) is 6.92 Å². The van der Waals surface area contributed by atoms with E-state index in [0.29, 0.717) is 0 Å². The molecule has 2 heterocycles. The van der Waals surface area contributed by atoms with E-state index in [2.05, 4.69) is 15.6 Å². The van der Waals surface area contributed by atoms with E-state index in [-0.39, 0.29) is 0 Å². The summed E-state index contributed by atoms with van der Waals surface area (Å²) in [6.45, 7) is 2.01. The van der Waals surface area contributed by atoms with Gasteiger partial charge in [-0.15, -0.1) is 0 Å². The van der Waals surface area contributed by atoms with Crippen LogP contribution < -0.4 is 0 Å². The lowest BCUT2D eigenvalue weighted by molar-refractivity contribution is 1.02. The second kappa shape index (κ2) is 2.81. The SMILES string of the molecule is Cc1ncccc1-n1cccc1. The van der Waals surface area contributed by atoms with Crippen molar-refractivity contribution in [1.82, 2.24) is 9.55 Å². The van der Waals surface area contributed by atoms with Crippen molar-refractivity contribution in [3.8, 4) is 5.69 Å². The monoisotopic (exact) mass is 158 g/mol. The summed E-state index contributed by atoms with van der Waals surface area (Å²) in [5, 5.41) is 0. The summed E-state index contributed by atoms with van der Waals surface area (Å²) in [6, 6.07) is 8.02. The van der Waals surface area contributed by atoms with Crippen LogP contribution in [0.15, 0.2) is 42.9 Å². The van der Waals surface area contributed by atoms with Gasteiger partial charge in [0.1, 0.15) is 0 Å². The van der Waals surface area contributed by atoms with Crippen molar-refractivity contribution < 1.29 is 0 Å². The summed E-state index contributed by atoms with van der Waals surface area (Å²) in [7, 11) is 0. The largest absolute Gasteiger partial charge is 0.322 e. The summed E-state index contributed by atoms with van der Waals surface area (Å²) in [5.74, 6) is 0. The first-order valence-corrected chi connectivity index (χ1v) is 3.93. The quantitative estimate of drug-likeness (QED) is 0.622. The minimum atomic E-state index is 1.05. The summed E-state index contributed by atoms with van der Waals surface area (Å²) in [5.41, 5.74) is 2.19. The van der Waals surface area contributed by atoms with Gasteiger partial charge >= 0.3 is 0 Å². The molecule has 2 rings (SSSR count). The molecule has 0 N–H and O–H groups in total. The maximum Gasteiger partial charge on any atom is 0.0663 e. The average Bonchev–Trinajstić information content (AvgIpc) is 2.57. The van der Waals surface area contributed by atoms with E-state index < -0.39 is 0 Å². The standard InChI is InChI=1S/C10H10N2/c1-9-10(5-4-6-11-9)12-7-2-3-8-12/h2-8H,1H3. The molecular formula is C10H10N2. The van der Waals surface area contributed by atoms with Gasteiger partial charge in [-0.2, -0.15) is 0 Å². The molecule has 0 bridgehead atoms. The highest BCUT2D eigenvalue weighted by Crippen LogP contribution is 2.09. The molecule has 60 valence electrons. The van der Waals surface area contributed by atoms with Crippen molar-refractivity contribution in [3.05, 3.63) is 48.5 Å². The van der Waals surface area contributed by atoms with E-state index in [1.807, 2.05) is 43.7 Å². The third kappa shape index (κ3) is 1.11. The van der Waals surface area contributed by atoms with Crippen molar-refractivity contribution >= 4 is 0 Å². The Balaban J connectivity index is 2.55. The first-order valence-electron chi connectivity index (χ1n) is 3.93. The Hall–Kier alpha value is -1.57. The van der Waals surface area contributed by atoms with Crippen LogP contribution in [0.25, 0.3) is 5.69 Å². The molecule has 0 spiro atoms. The van der Waals surface area contributed by atoms with Crippen LogP contribution in [-0.2, 0) is 0 Å². The Morgan fingerprint density at radius 3 is 2.58 bits per heavy atom. The van der Waals surface area contributed by atoms with Crippen molar-refractivity contribution in [2.75, 3.05) is 0 Å². The predicted octanol–water partition coefficient (Wildman–Crippen LogP) is 2.18. The third-order valence-corrected chi connectivity index (χ3v) is 1.86. The molecule has 2 heteroatoms. The Morgan fingerprint density at radius 1 is 1.17 bits per heavy atom. The van der Waals surface area contributed by atoms with Crippen molar-refractivity contribution in [1.29, 1.82) is 0 Å². The zero-order valence-electron chi connectivity index (χ0n) is 6.94. The van der Waals surface area contributed by atoms with Crippen LogP contribution in [0.3, 0.4) is 0 Å². The zero-order chi connectivity index (χ0) is 8.39. The van der Waals surface area contributed by atoms with Crippen molar-refractivity contribution in [2.45, 2.75) is 6.92 Å². The third-order valence-electron chi connectivity index (χ3n) is 1.86. The topological polar surface area (TPSA) is 17.8 Å². The highest BCUT2D eigenvalue weighted by Gasteiger charge is 1.97. The van der Waals surface area contributed by atoms with Gasteiger partial charge in [-0.3, -0.25) is 4.98 Å². The number of hydrogen-bond donors (Lipinski definition) is 0. The second-order valence-electron chi connectivity index (χ2n) is 2.70. The molecule has 0 aliphatic carbocycles. The van der Waals surface area contributed by atoms with Crippen LogP contribution in [0.2, 0.25) is 0 Å². The molecule has 2 aromatic rings. The van der Waals surface area contributed by atoms with Crippen LogP contribution in [-0.4, -0.2) is 9.55 Å². The molecule has 12 heavy (non-hydrogen) atoms. The van der Waals surface area contributed by atoms with E-state index in [1.54, 1.807) is 0 Å². The molecule has 0 amide bonds. The predicted molar refractivity (Wildman–Crippen MR) is 48.3 cm³/mol. The zero-order valence-corrected chi connectivity index (χ0v) is 6.94. The first kappa shape index (κ1) is 7.10. The van der Waals surface area contributed by atoms with Gasteiger partial charge in [0.05, 0.1) is 11.4 Å². The maximum atomic E-state index is 4.21. The fraction of sp³-hybridized carbons (Fsp3) is 0.100. The van der Waals surface area contributed by atoms with Crippen molar-refractivity contribution in [3.63, 3.8) is 0 Å². The molecule has 0 atom stereocenters. The number of aryl methyl sites for hydroxylation is 1. The molecule has 0 aromatic carbocycles. The second-order valence-corrected chi connectivity index (χ2v) is 2.70. The van der Waals surface area contributed by atoms with Crippen LogP contribution in [0.1, 0.15) is 5.69 Å². The number of pyridine rings is 1. The Bertz CT molecular complexity index is 363. The fourth-order valence-electron chi connectivity index (χ4n) is 1.24. The molecule has 2 aromatic heterocycles.